The lowest BCUT2D eigenvalue weighted by atomic mass is 9.64. The molecule has 0 nitrogen and oxygen atoms in total. The lowest BCUT2D eigenvalue weighted by Crippen LogP contribution is -2.34. The summed E-state index contributed by atoms with van der Waals surface area (Å²) < 4.78 is 0. The van der Waals surface area contributed by atoms with Crippen molar-refractivity contribution in [3.63, 3.8) is 0 Å². The predicted molar refractivity (Wildman–Crippen MR) is 165 cm³/mol. The van der Waals surface area contributed by atoms with Gasteiger partial charge in [-0.2, -0.15) is 0 Å². The fourth-order valence-corrected chi connectivity index (χ4v) is 5.98. The highest BCUT2D eigenvalue weighted by Gasteiger charge is 2.37. The number of benzene rings is 6. The van der Waals surface area contributed by atoms with Gasteiger partial charge < -0.3 is 0 Å². The summed E-state index contributed by atoms with van der Waals surface area (Å²) in [5.74, 6) is 0. The molecule has 0 fully saturated rings. The molecule has 0 aliphatic rings. The normalized spacial score (nSPS) is 11.3. The van der Waals surface area contributed by atoms with Crippen LogP contribution in [0.2, 0.25) is 0 Å². The molecule has 0 unspecified atom stereocenters. The molecule has 0 saturated carbocycles. The summed E-state index contributed by atoms with van der Waals surface area (Å²) in [4.78, 5) is 0. The molecule has 39 heavy (non-hydrogen) atoms. The summed E-state index contributed by atoms with van der Waals surface area (Å²) in [5, 5.41) is 0. The number of rotatable bonds is 8. The maximum absolute atomic E-state index is 2.37. The Morgan fingerprint density at radius 2 is 0.795 bits per heavy atom. The Kier molecular flexibility index (Phi) is 7.19. The summed E-state index contributed by atoms with van der Waals surface area (Å²) in [7, 11) is 0. The van der Waals surface area contributed by atoms with Crippen molar-refractivity contribution in [1.82, 2.24) is 0 Å². The largest absolute Gasteiger partial charge is 0.0622 e. The highest BCUT2D eigenvalue weighted by Crippen LogP contribution is 2.46. The summed E-state index contributed by atoms with van der Waals surface area (Å²) in [5.41, 5.74) is 10.1. The van der Waals surface area contributed by atoms with Gasteiger partial charge in [0.15, 0.2) is 0 Å². The van der Waals surface area contributed by atoms with Gasteiger partial charge in [-0.1, -0.05) is 170 Å². The Bertz CT molecular complexity index is 1560. The highest BCUT2D eigenvalue weighted by atomic mass is 14.4. The van der Waals surface area contributed by atoms with Crippen LogP contribution in [0.15, 0.2) is 170 Å². The van der Waals surface area contributed by atoms with E-state index in [1.807, 2.05) is 0 Å². The zero-order valence-electron chi connectivity index (χ0n) is 22.1. The first kappa shape index (κ1) is 24.6. The minimum absolute atomic E-state index is 0.292. The minimum Gasteiger partial charge on any atom is -0.0622 e. The molecule has 6 aromatic rings. The van der Waals surface area contributed by atoms with Crippen molar-refractivity contribution in [1.29, 1.82) is 0 Å². The van der Waals surface area contributed by atoms with Crippen molar-refractivity contribution >= 4 is 0 Å². The van der Waals surface area contributed by atoms with E-state index >= 15 is 0 Å². The number of hydrogen-bond donors (Lipinski definition) is 0. The van der Waals surface area contributed by atoms with Gasteiger partial charge in [-0.25, -0.2) is 0 Å². The van der Waals surface area contributed by atoms with Gasteiger partial charge in [-0.3, -0.25) is 0 Å². The first-order valence-electron chi connectivity index (χ1n) is 13.7. The van der Waals surface area contributed by atoms with Crippen LogP contribution in [0.3, 0.4) is 0 Å². The molecule has 0 bridgehead atoms. The van der Waals surface area contributed by atoms with Crippen LogP contribution in [0.4, 0.5) is 0 Å². The summed E-state index contributed by atoms with van der Waals surface area (Å²) >= 11 is 0. The molecule has 0 spiro atoms. The van der Waals surface area contributed by atoms with Crippen molar-refractivity contribution in [2.24, 2.45) is 0 Å². The van der Waals surface area contributed by atoms with Gasteiger partial charge in [-0.15, -0.1) is 0 Å². The first-order valence-corrected chi connectivity index (χ1v) is 13.7. The van der Waals surface area contributed by atoms with Crippen LogP contribution >= 0.6 is 0 Å². The Labute approximate surface area is 232 Å². The van der Waals surface area contributed by atoms with E-state index in [2.05, 4.69) is 170 Å². The summed E-state index contributed by atoms with van der Waals surface area (Å²) in [6.45, 7) is 0. The second-order valence-electron chi connectivity index (χ2n) is 10.2. The molecule has 0 N–H and O–H groups in total. The van der Waals surface area contributed by atoms with Gasteiger partial charge in [0.05, 0.1) is 0 Å². The molecule has 6 rings (SSSR count). The zero-order chi connectivity index (χ0) is 26.3. The van der Waals surface area contributed by atoms with E-state index < -0.39 is 0 Å². The van der Waals surface area contributed by atoms with E-state index in [1.165, 1.54) is 44.5 Å². The topological polar surface area (TPSA) is 0 Å². The van der Waals surface area contributed by atoms with Gasteiger partial charge in [0.25, 0.3) is 0 Å². The van der Waals surface area contributed by atoms with E-state index in [9.17, 15) is 0 Å². The average Bonchev–Trinajstić information content (AvgIpc) is 3.02. The lowest BCUT2D eigenvalue weighted by molar-refractivity contribution is 0.508. The molecule has 0 aliphatic carbocycles. The molecule has 0 amide bonds. The molecule has 0 aliphatic heterocycles. The molecule has 0 atom stereocenters. The molecule has 0 saturated heterocycles. The average molecular weight is 501 g/mol. The lowest BCUT2D eigenvalue weighted by Gasteiger charge is -2.38. The second-order valence-corrected chi connectivity index (χ2v) is 10.2. The van der Waals surface area contributed by atoms with Crippen LogP contribution in [0, 0.1) is 0 Å². The SMILES string of the molecule is c1ccc(CC(Cc2ccccc2)(c2ccccc2)c2cccc(-c3ccccc3)c2-c2ccccc2)cc1. The fourth-order valence-electron chi connectivity index (χ4n) is 5.98. The maximum atomic E-state index is 2.37. The van der Waals surface area contributed by atoms with Crippen LogP contribution in [0.25, 0.3) is 22.3 Å². The second kappa shape index (κ2) is 11.4. The van der Waals surface area contributed by atoms with E-state index in [1.54, 1.807) is 0 Å². The van der Waals surface area contributed by atoms with Crippen molar-refractivity contribution in [2.75, 3.05) is 0 Å². The monoisotopic (exact) mass is 500 g/mol. The standard InChI is InChI=1S/C39H32/c1-6-17-31(18-7-1)29-39(35-25-14-5-15-26-35,30-32-19-8-2-9-20-32)37-28-16-27-36(33-21-10-3-11-22-33)38(37)34-23-12-4-13-24-34/h1-28H,29-30H2. The van der Waals surface area contributed by atoms with Crippen molar-refractivity contribution in [3.05, 3.63) is 192 Å². The third-order valence-corrected chi connectivity index (χ3v) is 7.75. The zero-order valence-corrected chi connectivity index (χ0v) is 22.1. The van der Waals surface area contributed by atoms with Gasteiger partial charge in [0.1, 0.15) is 0 Å². The third-order valence-electron chi connectivity index (χ3n) is 7.75. The van der Waals surface area contributed by atoms with Crippen LogP contribution in [-0.2, 0) is 18.3 Å². The number of hydrogen-bond acceptors (Lipinski definition) is 0. The van der Waals surface area contributed by atoms with Crippen LogP contribution in [0.1, 0.15) is 22.3 Å². The molecule has 6 aromatic carbocycles. The molecule has 0 heterocycles. The fraction of sp³-hybridized carbons (Fsp3) is 0.0769. The predicted octanol–water partition coefficient (Wildman–Crippen LogP) is 9.79. The molecular weight excluding hydrogens is 468 g/mol. The van der Waals surface area contributed by atoms with Crippen LogP contribution in [-0.4, -0.2) is 0 Å². The van der Waals surface area contributed by atoms with Gasteiger partial charge in [0, 0.05) is 5.41 Å². The van der Waals surface area contributed by atoms with E-state index in [0.717, 1.165) is 12.8 Å². The summed E-state index contributed by atoms with van der Waals surface area (Å²) in [6, 6.07) is 61.7. The Balaban J connectivity index is 1.70. The Morgan fingerprint density at radius 3 is 1.31 bits per heavy atom. The minimum atomic E-state index is -0.292. The molecule has 0 aromatic heterocycles. The molecule has 188 valence electrons. The first-order chi connectivity index (χ1) is 19.3. The quantitative estimate of drug-likeness (QED) is 0.195. The van der Waals surface area contributed by atoms with Crippen molar-refractivity contribution in [3.8, 4) is 22.3 Å². The highest BCUT2D eigenvalue weighted by molar-refractivity contribution is 5.87. The Hall–Kier alpha value is -4.68. The van der Waals surface area contributed by atoms with Crippen molar-refractivity contribution < 1.29 is 0 Å². The van der Waals surface area contributed by atoms with Crippen LogP contribution in [0.5, 0.6) is 0 Å². The molecule has 0 heteroatoms. The van der Waals surface area contributed by atoms with Gasteiger partial charge in [-0.05, 0) is 57.3 Å². The van der Waals surface area contributed by atoms with Gasteiger partial charge in [0.2, 0.25) is 0 Å². The van der Waals surface area contributed by atoms with E-state index in [4.69, 9.17) is 0 Å². The smallest absolute Gasteiger partial charge is 0.0289 e. The molecule has 0 radical (unpaired) electrons. The summed E-state index contributed by atoms with van der Waals surface area (Å²) in [6.07, 6.45) is 1.79. The third kappa shape index (κ3) is 5.19. The van der Waals surface area contributed by atoms with Crippen molar-refractivity contribution in [2.45, 2.75) is 18.3 Å². The van der Waals surface area contributed by atoms with Crippen LogP contribution < -0.4 is 0 Å². The Morgan fingerprint density at radius 1 is 0.359 bits per heavy atom. The van der Waals surface area contributed by atoms with E-state index in [0.29, 0.717) is 0 Å². The maximum Gasteiger partial charge on any atom is 0.0289 e. The van der Waals surface area contributed by atoms with Gasteiger partial charge >= 0.3 is 0 Å². The van der Waals surface area contributed by atoms with E-state index in [-0.39, 0.29) is 5.41 Å². The molecular formula is C39H32.